The Labute approximate surface area is 115 Å². The Morgan fingerprint density at radius 3 is 2.22 bits per heavy atom. The van der Waals surface area contributed by atoms with Crippen LogP contribution in [0.15, 0.2) is 53.4 Å². The zero-order chi connectivity index (χ0) is 13.0. The van der Waals surface area contributed by atoms with Crippen LogP contribution in [-0.4, -0.2) is 12.2 Å². The lowest BCUT2D eigenvalue weighted by Gasteiger charge is -2.03. The van der Waals surface area contributed by atoms with Gasteiger partial charge in [0, 0.05) is 15.5 Å². The molecule has 0 saturated heterocycles. The Kier molecular flexibility index (Phi) is 4.28. The van der Waals surface area contributed by atoms with Crippen molar-refractivity contribution in [3.8, 4) is 5.75 Å². The van der Waals surface area contributed by atoms with E-state index in [1.807, 2.05) is 24.3 Å². The van der Waals surface area contributed by atoms with Gasteiger partial charge >= 0.3 is 0 Å². The summed E-state index contributed by atoms with van der Waals surface area (Å²) in [6.45, 7) is 0. The topological polar surface area (TPSA) is 26.3 Å². The van der Waals surface area contributed by atoms with E-state index in [0.29, 0.717) is 10.6 Å². The number of thioether (sulfide) groups is 1. The fraction of sp³-hybridized carbons (Fsp3) is 0.0714. The van der Waals surface area contributed by atoms with Crippen LogP contribution in [-0.2, 0) is 0 Å². The number of ether oxygens (including phenoxy) is 1. The average Bonchev–Trinajstić information content (AvgIpc) is 2.40. The Balaban J connectivity index is 2.08. The molecule has 0 aliphatic carbocycles. The molecule has 18 heavy (non-hydrogen) atoms. The van der Waals surface area contributed by atoms with Crippen molar-refractivity contribution in [3.05, 3.63) is 59.1 Å². The fourth-order valence-electron chi connectivity index (χ4n) is 1.40. The van der Waals surface area contributed by atoms with E-state index in [1.54, 1.807) is 31.4 Å². The van der Waals surface area contributed by atoms with E-state index >= 15 is 0 Å². The SMILES string of the molecule is COc1ccc(SC(=O)c2ccc(Cl)cc2)cc1. The first-order chi connectivity index (χ1) is 8.69. The molecular weight excluding hydrogens is 268 g/mol. The molecule has 2 aromatic carbocycles. The molecule has 0 radical (unpaired) electrons. The summed E-state index contributed by atoms with van der Waals surface area (Å²) >= 11 is 6.96. The lowest BCUT2D eigenvalue weighted by Crippen LogP contribution is -1.92. The quantitative estimate of drug-likeness (QED) is 0.784. The van der Waals surface area contributed by atoms with E-state index < -0.39 is 0 Å². The lowest BCUT2D eigenvalue weighted by molar-refractivity contribution is 0.108. The van der Waals surface area contributed by atoms with Gasteiger partial charge < -0.3 is 4.74 Å². The highest BCUT2D eigenvalue weighted by Crippen LogP contribution is 2.25. The first kappa shape index (κ1) is 13.0. The summed E-state index contributed by atoms with van der Waals surface area (Å²) in [6.07, 6.45) is 0. The van der Waals surface area contributed by atoms with E-state index in [4.69, 9.17) is 16.3 Å². The van der Waals surface area contributed by atoms with Gasteiger partial charge in [0.25, 0.3) is 0 Å². The minimum atomic E-state index is -0.00293. The number of benzene rings is 2. The Morgan fingerprint density at radius 1 is 1.06 bits per heavy atom. The van der Waals surface area contributed by atoms with Crippen LogP contribution < -0.4 is 4.74 Å². The number of hydrogen-bond donors (Lipinski definition) is 0. The van der Waals surface area contributed by atoms with Crippen molar-refractivity contribution in [3.63, 3.8) is 0 Å². The average molecular weight is 279 g/mol. The first-order valence-electron chi connectivity index (χ1n) is 5.31. The van der Waals surface area contributed by atoms with Crippen LogP contribution in [0.4, 0.5) is 0 Å². The second kappa shape index (κ2) is 5.94. The summed E-state index contributed by atoms with van der Waals surface area (Å²) in [6, 6.07) is 14.2. The van der Waals surface area contributed by atoms with Gasteiger partial charge in [-0.15, -0.1) is 0 Å². The second-order valence-electron chi connectivity index (χ2n) is 3.57. The second-order valence-corrected chi connectivity index (χ2v) is 5.05. The molecule has 4 heteroatoms. The molecule has 0 saturated carbocycles. The third kappa shape index (κ3) is 3.28. The maximum Gasteiger partial charge on any atom is 0.224 e. The molecular formula is C14H11ClO2S. The van der Waals surface area contributed by atoms with Crippen molar-refractivity contribution in [2.75, 3.05) is 7.11 Å². The van der Waals surface area contributed by atoms with Gasteiger partial charge in [-0.05, 0) is 60.3 Å². The van der Waals surface area contributed by atoms with Gasteiger partial charge in [-0.3, -0.25) is 4.79 Å². The van der Waals surface area contributed by atoms with Gasteiger partial charge in [-0.25, -0.2) is 0 Å². The molecule has 0 aliphatic rings. The van der Waals surface area contributed by atoms with Gasteiger partial charge in [0.1, 0.15) is 5.75 Å². The smallest absolute Gasteiger partial charge is 0.224 e. The highest BCUT2D eigenvalue weighted by molar-refractivity contribution is 8.14. The summed E-state index contributed by atoms with van der Waals surface area (Å²) in [5.74, 6) is 0.776. The van der Waals surface area contributed by atoms with Crippen molar-refractivity contribution in [1.82, 2.24) is 0 Å². The number of carbonyl (C=O) groups is 1. The standard InChI is InChI=1S/C14H11ClO2S/c1-17-12-6-8-13(9-7-12)18-14(16)10-2-4-11(15)5-3-10/h2-9H,1H3. The zero-order valence-corrected chi connectivity index (χ0v) is 11.3. The number of carbonyl (C=O) groups excluding carboxylic acids is 1. The molecule has 2 aromatic rings. The molecule has 0 amide bonds. The van der Waals surface area contributed by atoms with E-state index in [1.165, 1.54) is 11.8 Å². The van der Waals surface area contributed by atoms with Crippen LogP contribution in [0, 0.1) is 0 Å². The third-order valence-corrected chi connectivity index (χ3v) is 3.53. The molecule has 0 unspecified atom stereocenters. The van der Waals surface area contributed by atoms with Gasteiger partial charge in [-0.1, -0.05) is 11.6 Å². The summed E-state index contributed by atoms with van der Waals surface area (Å²) in [4.78, 5) is 12.9. The fourth-order valence-corrected chi connectivity index (χ4v) is 2.26. The Bertz CT molecular complexity index is 535. The number of hydrogen-bond acceptors (Lipinski definition) is 3. The summed E-state index contributed by atoms with van der Waals surface area (Å²) in [5.41, 5.74) is 0.639. The molecule has 92 valence electrons. The minimum absolute atomic E-state index is 0.00293. The van der Waals surface area contributed by atoms with Gasteiger partial charge in [-0.2, -0.15) is 0 Å². The van der Waals surface area contributed by atoms with Crippen LogP contribution in [0.25, 0.3) is 0 Å². The maximum absolute atomic E-state index is 12.0. The normalized spacial score (nSPS) is 10.1. The van der Waals surface area contributed by atoms with E-state index in [0.717, 1.165) is 10.6 Å². The van der Waals surface area contributed by atoms with Crippen LogP contribution >= 0.6 is 23.4 Å². The zero-order valence-electron chi connectivity index (χ0n) is 9.72. The van der Waals surface area contributed by atoms with Gasteiger partial charge in [0.2, 0.25) is 5.12 Å². The monoisotopic (exact) mass is 278 g/mol. The highest BCUT2D eigenvalue weighted by Gasteiger charge is 2.07. The number of methoxy groups -OCH3 is 1. The van der Waals surface area contributed by atoms with Crippen LogP contribution in [0.1, 0.15) is 10.4 Å². The van der Waals surface area contributed by atoms with Crippen molar-refractivity contribution < 1.29 is 9.53 Å². The van der Waals surface area contributed by atoms with Crippen LogP contribution in [0.2, 0.25) is 5.02 Å². The lowest BCUT2D eigenvalue weighted by atomic mass is 10.2. The Hall–Kier alpha value is -1.45. The molecule has 0 N–H and O–H groups in total. The maximum atomic E-state index is 12.0. The minimum Gasteiger partial charge on any atom is -0.497 e. The summed E-state index contributed by atoms with van der Waals surface area (Å²) in [5, 5.41) is 0.623. The highest BCUT2D eigenvalue weighted by atomic mass is 35.5. The van der Waals surface area contributed by atoms with Crippen LogP contribution in [0.5, 0.6) is 5.75 Å². The van der Waals surface area contributed by atoms with Crippen LogP contribution in [0.3, 0.4) is 0 Å². The molecule has 0 bridgehead atoms. The largest absolute Gasteiger partial charge is 0.497 e. The predicted molar refractivity (Wildman–Crippen MR) is 74.6 cm³/mol. The third-order valence-electron chi connectivity index (χ3n) is 2.35. The molecule has 0 spiro atoms. The molecule has 2 rings (SSSR count). The Morgan fingerprint density at radius 2 is 1.67 bits per heavy atom. The number of rotatable bonds is 3. The summed E-state index contributed by atoms with van der Waals surface area (Å²) in [7, 11) is 1.61. The molecule has 0 aromatic heterocycles. The molecule has 0 heterocycles. The van der Waals surface area contributed by atoms with Crippen molar-refractivity contribution in [1.29, 1.82) is 0 Å². The van der Waals surface area contributed by atoms with E-state index in [-0.39, 0.29) is 5.12 Å². The number of halogens is 1. The van der Waals surface area contributed by atoms with Crippen molar-refractivity contribution in [2.45, 2.75) is 4.90 Å². The van der Waals surface area contributed by atoms with Gasteiger partial charge in [0.05, 0.1) is 7.11 Å². The predicted octanol–water partition coefficient (Wildman–Crippen LogP) is 4.28. The summed E-state index contributed by atoms with van der Waals surface area (Å²) < 4.78 is 5.06. The van der Waals surface area contributed by atoms with Crippen molar-refractivity contribution in [2.24, 2.45) is 0 Å². The molecule has 0 aliphatic heterocycles. The first-order valence-corrected chi connectivity index (χ1v) is 6.50. The van der Waals surface area contributed by atoms with E-state index in [9.17, 15) is 4.79 Å². The molecule has 0 fully saturated rings. The van der Waals surface area contributed by atoms with Crippen molar-refractivity contribution >= 4 is 28.5 Å². The van der Waals surface area contributed by atoms with E-state index in [2.05, 4.69) is 0 Å². The molecule has 0 atom stereocenters. The van der Waals surface area contributed by atoms with Gasteiger partial charge in [0.15, 0.2) is 0 Å². The molecule has 2 nitrogen and oxygen atoms in total.